The molecule has 0 radical (unpaired) electrons. The third-order valence-corrected chi connectivity index (χ3v) is 4.66. The first-order valence-electron chi connectivity index (χ1n) is 7.51. The van der Waals surface area contributed by atoms with Gasteiger partial charge in [0.05, 0.1) is 6.04 Å². The second-order valence-corrected chi connectivity index (χ2v) is 5.91. The van der Waals surface area contributed by atoms with Crippen molar-refractivity contribution in [2.75, 3.05) is 21.1 Å². The van der Waals surface area contributed by atoms with Crippen LogP contribution in [0.1, 0.15) is 50.9 Å². The van der Waals surface area contributed by atoms with Crippen LogP contribution >= 0.6 is 0 Å². The third kappa shape index (κ3) is 2.56. The number of rotatable bonds is 6. The van der Waals surface area contributed by atoms with E-state index in [1.165, 1.54) is 31.5 Å². The monoisotopic (exact) mass is 264 g/mol. The summed E-state index contributed by atoms with van der Waals surface area (Å²) in [5.41, 5.74) is 0.214. The predicted molar refractivity (Wildman–Crippen MR) is 79.2 cm³/mol. The highest BCUT2D eigenvalue weighted by atomic mass is 15.2. The van der Waals surface area contributed by atoms with Gasteiger partial charge in [0.2, 0.25) is 0 Å². The first-order valence-corrected chi connectivity index (χ1v) is 7.51. The molecule has 0 aromatic carbocycles. The lowest BCUT2D eigenvalue weighted by Crippen LogP contribution is -2.52. The van der Waals surface area contributed by atoms with E-state index in [1.807, 2.05) is 6.20 Å². The summed E-state index contributed by atoms with van der Waals surface area (Å²) in [6.07, 6.45) is 10.4. The Morgan fingerprint density at radius 3 is 2.63 bits per heavy atom. The molecule has 108 valence electrons. The number of hydrogen-bond donors (Lipinski definition) is 1. The van der Waals surface area contributed by atoms with Crippen LogP contribution in [0.15, 0.2) is 12.4 Å². The number of likely N-dealkylation sites (N-methyl/N-ethyl adjacent to an activating group) is 2. The molecule has 1 aromatic heterocycles. The fourth-order valence-electron chi connectivity index (χ4n) is 3.63. The van der Waals surface area contributed by atoms with Crippen LogP contribution < -0.4 is 5.32 Å². The van der Waals surface area contributed by atoms with Crippen LogP contribution in [-0.2, 0) is 6.54 Å². The van der Waals surface area contributed by atoms with Gasteiger partial charge in [-0.2, -0.15) is 0 Å². The van der Waals surface area contributed by atoms with Gasteiger partial charge in [-0.05, 0) is 40.4 Å². The maximum Gasteiger partial charge on any atom is 0.127 e. The van der Waals surface area contributed by atoms with Gasteiger partial charge < -0.3 is 14.8 Å². The molecular weight excluding hydrogens is 236 g/mol. The molecule has 1 saturated carbocycles. The molecule has 0 amide bonds. The van der Waals surface area contributed by atoms with Gasteiger partial charge >= 0.3 is 0 Å². The van der Waals surface area contributed by atoms with Crippen LogP contribution in [0.3, 0.4) is 0 Å². The van der Waals surface area contributed by atoms with Crippen molar-refractivity contribution in [3.8, 4) is 0 Å². The number of nitrogens with zero attached hydrogens (tertiary/aromatic N) is 3. The zero-order chi connectivity index (χ0) is 13.9. The van der Waals surface area contributed by atoms with E-state index in [0.717, 1.165) is 13.0 Å². The first kappa shape index (κ1) is 14.5. The molecule has 4 nitrogen and oxygen atoms in total. The summed E-state index contributed by atoms with van der Waals surface area (Å²) in [5.74, 6) is 1.19. The Hall–Kier alpha value is -0.870. The predicted octanol–water partition coefficient (Wildman–Crippen LogP) is 2.43. The smallest absolute Gasteiger partial charge is 0.127 e. The van der Waals surface area contributed by atoms with Gasteiger partial charge in [-0.3, -0.25) is 0 Å². The molecule has 0 aliphatic heterocycles. The lowest BCUT2D eigenvalue weighted by Gasteiger charge is -2.42. The van der Waals surface area contributed by atoms with Crippen LogP contribution in [0.4, 0.5) is 0 Å². The summed E-state index contributed by atoms with van der Waals surface area (Å²) in [6.45, 7) is 3.27. The highest BCUT2D eigenvalue weighted by Gasteiger charge is 2.44. The summed E-state index contributed by atoms with van der Waals surface area (Å²) in [5, 5.41) is 3.54. The number of hydrogen-bond acceptors (Lipinski definition) is 3. The van der Waals surface area contributed by atoms with Crippen LogP contribution in [0.25, 0.3) is 0 Å². The van der Waals surface area contributed by atoms with Crippen molar-refractivity contribution in [3.63, 3.8) is 0 Å². The summed E-state index contributed by atoms with van der Waals surface area (Å²) in [4.78, 5) is 7.06. The maximum atomic E-state index is 4.65. The number of nitrogens with one attached hydrogen (secondary N) is 1. The van der Waals surface area contributed by atoms with E-state index in [0.29, 0.717) is 6.04 Å². The molecule has 1 N–H and O–H groups in total. The Morgan fingerprint density at radius 2 is 2.11 bits per heavy atom. The molecule has 1 unspecified atom stereocenters. The van der Waals surface area contributed by atoms with Gasteiger partial charge in [0.1, 0.15) is 5.82 Å². The molecule has 1 atom stereocenters. The molecule has 1 aliphatic carbocycles. The summed E-state index contributed by atoms with van der Waals surface area (Å²) in [7, 11) is 6.49. The van der Waals surface area contributed by atoms with E-state index in [2.05, 4.69) is 54.0 Å². The largest absolute Gasteiger partial charge is 0.334 e. The lowest BCUT2D eigenvalue weighted by atomic mass is 9.86. The van der Waals surface area contributed by atoms with Crippen molar-refractivity contribution in [2.24, 2.45) is 0 Å². The van der Waals surface area contributed by atoms with E-state index in [1.54, 1.807) is 0 Å². The van der Waals surface area contributed by atoms with Crippen LogP contribution in [0.5, 0.6) is 0 Å². The minimum absolute atomic E-state index is 0.214. The molecule has 1 aromatic rings. The van der Waals surface area contributed by atoms with Crippen molar-refractivity contribution in [1.82, 2.24) is 19.8 Å². The molecule has 1 aliphatic rings. The maximum absolute atomic E-state index is 4.65. The minimum Gasteiger partial charge on any atom is -0.334 e. The Bertz CT molecular complexity index is 391. The summed E-state index contributed by atoms with van der Waals surface area (Å²) < 4.78 is 2.31. The van der Waals surface area contributed by atoms with Crippen LogP contribution in [0.2, 0.25) is 0 Å². The molecular formula is C15H28N4. The van der Waals surface area contributed by atoms with Crippen LogP contribution in [0, 0.1) is 0 Å². The van der Waals surface area contributed by atoms with Gasteiger partial charge in [0, 0.05) is 24.5 Å². The quantitative estimate of drug-likeness (QED) is 0.856. The molecule has 4 heteroatoms. The van der Waals surface area contributed by atoms with E-state index in [4.69, 9.17) is 0 Å². The standard InChI is InChI=1S/C15H28N4/c1-5-11-19-12-10-17-14(19)13(16-2)15(18(3)4)8-6-7-9-15/h10,12-13,16H,5-9,11H2,1-4H3. The van der Waals surface area contributed by atoms with Crippen molar-refractivity contribution in [2.45, 2.75) is 57.2 Å². The van der Waals surface area contributed by atoms with E-state index in [9.17, 15) is 0 Å². The van der Waals surface area contributed by atoms with Crippen LogP contribution in [-0.4, -0.2) is 41.1 Å². The van der Waals surface area contributed by atoms with Gasteiger partial charge in [0.25, 0.3) is 0 Å². The van der Waals surface area contributed by atoms with E-state index >= 15 is 0 Å². The lowest BCUT2D eigenvalue weighted by molar-refractivity contribution is 0.102. The topological polar surface area (TPSA) is 33.1 Å². The van der Waals surface area contributed by atoms with E-state index < -0.39 is 0 Å². The highest BCUT2D eigenvalue weighted by Crippen LogP contribution is 2.42. The second kappa shape index (κ2) is 6.06. The molecule has 19 heavy (non-hydrogen) atoms. The van der Waals surface area contributed by atoms with E-state index in [-0.39, 0.29) is 5.54 Å². The van der Waals surface area contributed by atoms with Gasteiger partial charge in [-0.25, -0.2) is 4.98 Å². The zero-order valence-electron chi connectivity index (χ0n) is 12.8. The third-order valence-electron chi connectivity index (χ3n) is 4.66. The second-order valence-electron chi connectivity index (χ2n) is 5.91. The number of aryl methyl sites for hydroxylation is 1. The minimum atomic E-state index is 0.214. The Kier molecular flexibility index (Phi) is 4.63. The fourth-order valence-corrected chi connectivity index (χ4v) is 3.63. The molecule has 0 bridgehead atoms. The van der Waals surface area contributed by atoms with Crippen molar-refractivity contribution >= 4 is 0 Å². The van der Waals surface area contributed by atoms with Crippen molar-refractivity contribution in [3.05, 3.63) is 18.2 Å². The summed E-state index contributed by atoms with van der Waals surface area (Å²) >= 11 is 0. The zero-order valence-corrected chi connectivity index (χ0v) is 12.8. The first-order chi connectivity index (χ1) is 9.15. The molecule has 0 spiro atoms. The number of aromatic nitrogens is 2. The highest BCUT2D eigenvalue weighted by molar-refractivity contribution is 5.12. The molecule has 2 rings (SSSR count). The summed E-state index contributed by atoms with van der Waals surface area (Å²) in [6, 6.07) is 0.312. The normalized spacial score (nSPS) is 20.1. The Labute approximate surface area is 117 Å². The molecule has 1 heterocycles. The van der Waals surface area contributed by atoms with Crippen molar-refractivity contribution < 1.29 is 0 Å². The van der Waals surface area contributed by atoms with Gasteiger partial charge in [-0.15, -0.1) is 0 Å². The number of imidazole rings is 1. The SMILES string of the molecule is CCCn1ccnc1C(NC)C1(N(C)C)CCCC1. The fraction of sp³-hybridized carbons (Fsp3) is 0.800. The average Bonchev–Trinajstić information content (AvgIpc) is 3.02. The van der Waals surface area contributed by atoms with Crippen molar-refractivity contribution in [1.29, 1.82) is 0 Å². The van der Waals surface area contributed by atoms with Gasteiger partial charge in [-0.1, -0.05) is 19.8 Å². The Morgan fingerprint density at radius 1 is 1.42 bits per heavy atom. The Balaban J connectivity index is 2.34. The molecule has 0 saturated heterocycles. The molecule has 1 fully saturated rings. The van der Waals surface area contributed by atoms with Gasteiger partial charge in [0.15, 0.2) is 0 Å². The average molecular weight is 264 g/mol.